The van der Waals surface area contributed by atoms with Gasteiger partial charge in [0.1, 0.15) is 30.3 Å². The van der Waals surface area contributed by atoms with Crippen LogP contribution in [-0.2, 0) is 33.8 Å². The zero-order chi connectivity index (χ0) is 27.8. The number of ether oxygens (including phenoxy) is 5. The summed E-state index contributed by atoms with van der Waals surface area (Å²) in [5, 5.41) is 0. The van der Waals surface area contributed by atoms with Crippen molar-refractivity contribution in [2.24, 2.45) is 0 Å². The van der Waals surface area contributed by atoms with E-state index in [-0.39, 0.29) is 18.8 Å². The van der Waals surface area contributed by atoms with E-state index < -0.39 is 0 Å². The summed E-state index contributed by atoms with van der Waals surface area (Å²) in [6, 6.07) is 25.5. The number of nitrogens with zero attached hydrogens (tertiary/aromatic N) is 1. The number of hydrogen-bond acceptors (Lipinski definition) is 6. The van der Waals surface area contributed by atoms with Gasteiger partial charge in [-0.05, 0) is 29.3 Å². The lowest BCUT2D eigenvalue weighted by atomic mass is 10.1. The number of para-hydroxylation sites is 1. The summed E-state index contributed by atoms with van der Waals surface area (Å²) in [5.41, 5.74) is 3.12. The number of amides is 1. The van der Waals surface area contributed by atoms with Crippen molar-refractivity contribution >= 4 is 6.09 Å². The van der Waals surface area contributed by atoms with Gasteiger partial charge in [0.25, 0.3) is 0 Å². The Labute approximate surface area is 237 Å². The first kappa shape index (κ1) is 28.8. The highest BCUT2D eigenvalue weighted by atomic mass is 16.6. The quantitative estimate of drug-likeness (QED) is 0.206. The second kappa shape index (κ2) is 16.1. The van der Waals surface area contributed by atoms with Crippen LogP contribution in [0.25, 0.3) is 0 Å². The smallest absolute Gasteiger partial charge is 0.410 e. The molecule has 3 aromatic carbocycles. The molecule has 210 valence electrons. The van der Waals surface area contributed by atoms with Crippen LogP contribution >= 0.6 is 0 Å². The van der Waals surface area contributed by atoms with Crippen molar-refractivity contribution in [2.45, 2.75) is 45.0 Å². The molecule has 4 rings (SSSR count). The van der Waals surface area contributed by atoms with E-state index in [9.17, 15) is 4.79 Å². The van der Waals surface area contributed by atoms with Crippen LogP contribution < -0.4 is 9.47 Å². The number of hydrogen-bond donors (Lipinski definition) is 0. The Bertz CT molecular complexity index is 1230. The van der Waals surface area contributed by atoms with E-state index in [2.05, 4.69) is 12.0 Å². The lowest BCUT2D eigenvalue weighted by Crippen LogP contribution is -2.40. The highest BCUT2D eigenvalue weighted by Crippen LogP contribution is 2.18. The molecule has 0 spiro atoms. The molecular formula is C33H37NO6. The van der Waals surface area contributed by atoms with Crippen molar-refractivity contribution in [1.82, 2.24) is 4.90 Å². The fourth-order valence-electron chi connectivity index (χ4n) is 4.29. The number of benzene rings is 3. The summed E-state index contributed by atoms with van der Waals surface area (Å²) < 4.78 is 28.1. The predicted molar refractivity (Wildman–Crippen MR) is 153 cm³/mol. The van der Waals surface area contributed by atoms with Gasteiger partial charge in [0.05, 0.1) is 26.9 Å². The van der Waals surface area contributed by atoms with Crippen LogP contribution in [0.5, 0.6) is 11.5 Å². The van der Waals surface area contributed by atoms with Gasteiger partial charge in [0.15, 0.2) is 0 Å². The van der Waals surface area contributed by atoms with Crippen LogP contribution in [0.15, 0.2) is 78.9 Å². The van der Waals surface area contributed by atoms with Gasteiger partial charge in [-0.3, -0.25) is 0 Å². The number of piperidine rings is 1. The fraction of sp³-hybridized carbons (Fsp3) is 0.364. The Morgan fingerprint density at radius 1 is 0.875 bits per heavy atom. The lowest BCUT2D eigenvalue weighted by molar-refractivity contribution is 0.0548. The minimum Gasteiger partial charge on any atom is -0.496 e. The van der Waals surface area contributed by atoms with Crippen LogP contribution in [0.2, 0.25) is 0 Å². The largest absolute Gasteiger partial charge is 0.496 e. The molecule has 40 heavy (non-hydrogen) atoms. The minimum atomic E-state index is -0.279. The Morgan fingerprint density at radius 3 is 2.40 bits per heavy atom. The van der Waals surface area contributed by atoms with E-state index in [1.54, 1.807) is 12.0 Å². The van der Waals surface area contributed by atoms with Gasteiger partial charge in [0, 0.05) is 44.3 Å². The second-order valence-corrected chi connectivity index (χ2v) is 9.51. The van der Waals surface area contributed by atoms with E-state index in [1.807, 2.05) is 78.9 Å². The molecule has 7 nitrogen and oxygen atoms in total. The maximum absolute atomic E-state index is 12.3. The summed E-state index contributed by atoms with van der Waals surface area (Å²) >= 11 is 0. The van der Waals surface area contributed by atoms with Crippen molar-refractivity contribution in [1.29, 1.82) is 0 Å². The van der Waals surface area contributed by atoms with Crippen LogP contribution in [0.3, 0.4) is 0 Å². The Balaban J connectivity index is 1.06. The first-order chi connectivity index (χ1) is 19.7. The Hall–Kier alpha value is -4.15. The van der Waals surface area contributed by atoms with Crippen molar-refractivity contribution in [3.63, 3.8) is 0 Å². The molecule has 0 bridgehead atoms. The zero-order valence-electron chi connectivity index (χ0n) is 23.1. The van der Waals surface area contributed by atoms with Gasteiger partial charge in [-0.1, -0.05) is 66.6 Å². The molecule has 0 N–H and O–H groups in total. The molecule has 0 unspecified atom stereocenters. The molecular weight excluding hydrogens is 506 g/mol. The zero-order valence-corrected chi connectivity index (χ0v) is 23.1. The summed E-state index contributed by atoms with van der Waals surface area (Å²) in [6.07, 6.45) is 5.48. The minimum absolute atomic E-state index is 0.0279. The molecule has 1 amide bonds. The summed E-state index contributed by atoms with van der Waals surface area (Å²) in [4.78, 5) is 14.0. The van der Waals surface area contributed by atoms with Crippen molar-refractivity contribution in [2.75, 3.05) is 33.4 Å². The van der Waals surface area contributed by atoms with Gasteiger partial charge in [0.2, 0.25) is 0 Å². The number of rotatable bonds is 12. The van der Waals surface area contributed by atoms with Crippen molar-refractivity contribution < 1.29 is 28.5 Å². The first-order valence-corrected chi connectivity index (χ1v) is 13.7. The molecule has 1 saturated heterocycles. The molecule has 0 radical (unpaired) electrons. The summed E-state index contributed by atoms with van der Waals surface area (Å²) in [5.74, 6) is 4.75. The SMILES string of the molecule is COc1ccccc1COCCCOc1ccc(CC#COC2CCN(C(=O)OCc3ccccc3)CC2)cc1. The third-order valence-electron chi connectivity index (χ3n) is 6.57. The maximum Gasteiger partial charge on any atom is 0.410 e. The predicted octanol–water partition coefficient (Wildman–Crippen LogP) is 6.00. The summed E-state index contributed by atoms with van der Waals surface area (Å²) in [6.45, 7) is 3.22. The normalized spacial score (nSPS) is 13.2. The van der Waals surface area contributed by atoms with Gasteiger partial charge in [-0.25, -0.2) is 4.79 Å². The second-order valence-electron chi connectivity index (χ2n) is 9.51. The maximum atomic E-state index is 12.3. The average Bonchev–Trinajstić information content (AvgIpc) is 3.01. The molecule has 0 aliphatic carbocycles. The number of methoxy groups -OCH3 is 1. The van der Waals surface area contributed by atoms with Gasteiger partial charge < -0.3 is 28.6 Å². The van der Waals surface area contributed by atoms with Crippen LogP contribution in [0.4, 0.5) is 4.79 Å². The number of carbonyl (C=O) groups excluding carboxylic acids is 1. The molecule has 1 aliphatic rings. The topological polar surface area (TPSA) is 66.5 Å². The van der Waals surface area contributed by atoms with E-state index >= 15 is 0 Å². The molecule has 0 atom stereocenters. The van der Waals surface area contributed by atoms with E-state index in [0.717, 1.165) is 47.5 Å². The van der Waals surface area contributed by atoms with Gasteiger partial charge in [-0.15, -0.1) is 0 Å². The molecule has 0 saturated carbocycles. The first-order valence-electron chi connectivity index (χ1n) is 13.7. The van der Waals surface area contributed by atoms with E-state index in [0.29, 0.717) is 39.3 Å². The van der Waals surface area contributed by atoms with Crippen LogP contribution in [0, 0.1) is 12.0 Å². The van der Waals surface area contributed by atoms with Crippen LogP contribution in [0.1, 0.15) is 36.0 Å². The third kappa shape index (κ3) is 9.55. The standard InChI is InChI=1S/C33H37NO6/c1-36-32-13-6-5-12-29(32)26-37-22-8-24-39-30-16-14-27(15-17-30)11-7-23-38-31-18-20-34(21-19-31)33(35)40-25-28-9-3-2-4-10-28/h2-6,9-10,12-17,31H,8,11,18-22,24-26H2,1H3. The molecule has 3 aromatic rings. The fourth-order valence-corrected chi connectivity index (χ4v) is 4.29. The highest BCUT2D eigenvalue weighted by molar-refractivity contribution is 5.67. The molecule has 1 fully saturated rings. The van der Waals surface area contributed by atoms with Gasteiger partial charge >= 0.3 is 6.09 Å². The Morgan fingerprint density at radius 2 is 1.62 bits per heavy atom. The molecule has 0 aromatic heterocycles. The average molecular weight is 544 g/mol. The van der Waals surface area contributed by atoms with Crippen LogP contribution in [-0.4, -0.2) is 50.5 Å². The van der Waals surface area contributed by atoms with Gasteiger partial charge in [-0.2, -0.15) is 0 Å². The lowest BCUT2D eigenvalue weighted by Gasteiger charge is -2.30. The number of carbonyl (C=O) groups is 1. The van der Waals surface area contributed by atoms with Crippen molar-refractivity contribution in [3.8, 4) is 23.5 Å². The molecule has 7 heteroatoms. The molecule has 1 aliphatic heterocycles. The molecule has 1 heterocycles. The Kier molecular flexibility index (Phi) is 11.6. The van der Waals surface area contributed by atoms with Crippen molar-refractivity contribution in [3.05, 3.63) is 95.6 Å². The van der Waals surface area contributed by atoms with E-state index in [1.165, 1.54) is 0 Å². The highest BCUT2D eigenvalue weighted by Gasteiger charge is 2.24. The monoisotopic (exact) mass is 543 g/mol. The third-order valence-corrected chi connectivity index (χ3v) is 6.57. The van der Waals surface area contributed by atoms with E-state index in [4.69, 9.17) is 23.7 Å². The summed E-state index contributed by atoms with van der Waals surface area (Å²) in [7, 11) is 1.67. The number of likely N-dealkylation sites (tertiary alicyclic amines) is 1.